The standard InChI is InChI=1S/C38H42FN7O4/c1-26-10-7-11-27(2)37(26)49-38(47)46(34-18-19-40-25-41-34)32-13-8-12-29(14-17-35-42-28(3)44-50-35)36(32)43-30-15-16-33(31(39)24-30)48-23-9-22-45-20-5-4-6-21-45/h7-8,10-13,15-16,18-19,24-25,43H,4-6,9,14,17,20-23H2,1-3H3. The molecule has 0 unspecified atom stereocenters. The maximum atomic E-state index is 15.5. The lowest BCUT2D eigenvalue weighted by atomic mass is 10.0. The highest BCUT2D eigenvalue weighted by molar-refractivity contribution is 6.00. The van der Waals surface area contributed by atoms with Crippen LogP contribution in [0.1, 0.15) is 54.1 Å². The van der Waals surface area contributed by atoms with Crippen LogP contribution in [0.2, 0.25) is 0 Å². The number of rotatable bonds is 13. The largest absolute Gasteiger partial charge is 0.490 e. The Labute approximate surface area is 291 Å². The molecule has 50 heavy (non-hydrogen) atoms. The Balaban J connectivity index is 1.30. The number of amides is 1. The van der Waals surface area contributed by atoms with Crippen molar-refractivity contribution in [1.29, 1.82) is 0 Å². The minimum absolute atomic E-state index is 0.189. The van der Waals surface area contributed by atoms with E-state index in [0.717, 1.165) is 42.7 Å². The first-order chi connectivity index (χ1) is 24.4. The molecule has 0 bridgehead atoms. The molecule has 0 saturated carbocycles. The Hall–Kier alpha value is -5.36. The van der Waals surface area contributed by atoms with Crippen LogP contribution in [0, 0.1) is 26.6 Å². The van der Waals surface area contributed by atoms with Crippen molar-refractivity contribution in [2.24, 2.45) is 0 Å². The molecule has 1 aliphatic heterocycles. The lowest BCUT2D eigenvalue weighted by Gasteiger charge is -2.26. The summed E-state index contributed by atoms with van der Waals surface area (Å²) in [5.41, 5.74) is 3.90. The minimum atomic E-state index is -0.673. The third-order valence-corrected chi connectivity index (χ3v) is 8.65. The fourth-order valence-corrected chi connectivity index (χ4v) is 6.13. The van der Waals surface area contributed by atoms with Crippen LogP contribution in [0.15, 0.2) is 77.7 Å². The van der Waals surface area contributed by atoms with Gasteiger partial charge in [0.1, 0.15) is 17.9 Å². The zero-order chi connectivity index (χ0) is 34.9. The van der Waals surface area contributed by atoms with Crippen molar-refractivity contribution in [2.75, 3.05) is 36.5 Å². The fourth-order valence-electron chi connectivity index (χ4n) is 6.13. The summed E-state index contributed by atoms with van der Waals surface area (Å²) in [4.78, 5) is 30.8. The van der Waals surface area contributed by atoms with Gasteiger partial charge >= 0.3 is 6.09 Å². The second-order valence-electron chi connectivity index (χ2n) is 12.4. The number of hydrogen-bond acceptors (Lipinski definition) is 10. The second kappa shape index (κ2) is 16.4. The average Bonchev–Trinajstić information content (AvgIpc) is 3.55. The zero-order valence-corrected chi connectivity index (χ0v) is 28.7. The number of piperidine rings is 1. The van der Waals surface area contributed by atoms with Gasteiger partial charge in [0.15, 0.2) is 17.4 Å². The number of nitrogens with zero attached hydrogens (tertiary/aromatic N) is 6. The Bertz CT molecular complexity index is 1880. The van der Waals surface area contributed by atoms with Gasteiger partial charge in [-0.2, -0.15) is 4.98 Å². The van der Waals surface area contributed by atoms with Crippen LogP contribution in [0.4, 0.5) is 32.1 Å². The van der Waals surface area contributed by atoms with Crippen LogP contribution in [0.5, 0.6) is 11.5 Å². The van der Waals surface area contributed by atoms with Crippen LogP contribution < -0.4 is 19.7 Å². The molecular formula is C38H42FN7O4. The lowest BCUT2D eigenvalue weighted by molar-refractivity contribution is 0.203. The lowest BCUT2D eigenvalue weighted by Crippen LogP contribution is -2.31. The average molecular weight is 680 g/mol. The Morgan fingerprint density at radius 2 is 1.80 bits per heavy atom. The molecule has 2 aromatic heterocycles. The van der Waals surface area contributed by atoms with Gasteiger partial charge in [-0.15, -0.1) is 0 Å². The number of para-hydroxylation sites is 2. The molecule has 0 atom stereocenters. The molecule has 260 valence electrons. The number of anilines is 4. The summed E-state index contributed by atoms with van der Waals surface area (Å²) in [7, 11) is 0. The number of carbonyl (C=O) groups is 1. The maximum Gasteiger partial charge on any atom is 0.425 e. The summed E-state index contributed by atoms with van der Waals surface area (Å²) in [5.74, 6) is 1.48. The van der Waals surface area contributed by atoms with Crippen LogP contribution in [-0.4, -0.2) is 57.3 Å². The quantitative estimate of drug-likeness (QED) is 0.123. The molecular weight excluding hydrogens is 637 g/mol. The van der Waals surface area contributed by atoms with E-state index in [9.17, 15) is 4.79 Å². The van der Waals surface area contributed by atoms with E-state index >= 15 is 4.39 Å². The number of hydrogen-bond donors (Lipinski definition) is 1. The predicted octanol–water partition coefficient (Wildman–Crippen LogP) is 8.04. The second-order valence-corrected chi connectivity index (χ2v) is 12.4. The third kappa shape index (κ3) is 8.61. The van der Waals surface area contributed by atoms with E-state index in [0.29, 0.717) is 59.8 Å². The molecule has 1 N–H and O–H groups in total. The van der Waals surface area contributed by atoms with E-state index in [2.05, 4.69) is 30.3 Å². The third-order valence-electron chi connectivity index (χ3n) is 8.65. The maximum absolute atomic E-state index is 15.5. The number of aromatic nitrogens is 4. The summed E-state index contributed by atoms with van der Waals surface area (Å²) >= 11 is 0. The number of carbonyl (C=O) groups excluding carboxylic acids is 1. The molecule has 1 fully saturated rings. The van der Waals surface area contributed by atoms with Gasteiger partial charge in [0.2, 0.25) is 5.89 Å². The van der Waals surface area contributed by atoms with Crippen LogP contribution >= 0.6 is 0 Å². The first-order valence-electron chi connectivity index (χ1n) is 17.0. The summed E-state index contributed by atoms with van der Waals surface area (Å²) in [6.07, 6.45) is 7.74. The van der Waals surface area contributed by atoms with E-state index in [1.165, 1.54) is 36.6 Å². The van der Waals surface area contributed by atoms with Gasteiger partial charge < -0.3 is 24.2 Å². The molecule has 0 spiro atoms. The molecule has 1 saturated heterocycles. The van der Waals surface area contributed by atoms with Crippen molar-refractivity contribution in [1.82, 2.24) is 25.0 Å². The van der Waals surface area contributed by atoms with Gasteiger partial charge in [-0.1, -0.05) is 41.9 Å². The van der Waals surface area contributed by atoms with Crippen LogP contribution in [0.3, 0.4) is 0 Å². The summed E-state index contributed by atoms with van der Waals surface area (Å²) in [5, 5.41) is 7.30. The molecule has 1 aliphatic rings. The highest BCUT2D eigenvalue weighted by atomic mass is 19.1. The monoisotopic (exact) mass is 679 g/mol. The topological polar surface area (TPSA) is 119 Å². The SMILES string of the molecule is Cc1noc(CCc2cccc(N(C(=O)Oc3c(C)cccc3C)c3ccncn3)c2Nc2ccc(OCCCN3CCCCC3)c(F)c2)n1. The summed E-state index contributed by atoms with van der Waals surface area (Å²) in [6, 6.07) is 17.6. The smallest absolute Gasteiger partial charge is 0.425 e. The molecule has 6 rings (SSSR count). The van der Waals surface area contributed by atoms with Gasteiger partial charge in [0, 0.05) is 30.9 Å². The van der Waals surface area contributed by atoms with E-state index in [-0.39, 0.29) is 5.75 Å². The number of benzene rings is 3. The highest BCUT2D eigenvalue weighted by Gasteiger charge is 2.27. The van der Waals surface area contributed by atoms with E-state index in [1.807, 2.05) is 44.2 Å². The van der Waals surface area contributed by atoms with Crippen molar-refractivity contribution in [3.8, 4) is 11.5 Å². The van der Waals surface area contributed by atoms with Crippen molar-refractivity contribution in [3.63, 3.8) is 0 Å². The normalized spacial score (nSPS) is 13.2. The van der Waals surface area contributed by atoms with Crippen molar-refractivity contribution in [2.45, 2.75) is 59.3 Å². The van der Waals surface area contributed by atoms with E-state index < -0.39 is 11.9 Å². The first kappa shape index (κ1) is 34.5. The van der Waals surface area contributed by atoms with Crippen LogP contribution in [0.25, 0.3) is 0 Å². The number of likely N-dealkylation sites (tertiary alicyclic amines) is 1. The molecule has 5 aromatic rings. The highest BCUT2D eigenvalue weighted by Crippen LogP contribution is 2.38. The van der Waals surface area contributed by atoms with Crippen molar-refractivity contribution in [3.05, 3.63) is 107 Å². The Morgan fingerprint density at radius 3 is 2.52 bits per heavy atom. The van der Waals surface area contributed by atoms with Crippen molar-refractivity contribution >= 4 is 29.0 Å². The molecule has 1 amide bonds. The number of ether oxygens (including phenoxy) is 2. The van der Waals surface area contributed by atoms with Gasteiger partial charge in [0.05, 0.1) is 18.0 Å². The first-order valence-corrected chi connectivity index (χ1v) is 17.0. The predicted molar refractivity (Wildman–Crippen MR) is 189 cm³/mol. The molecule has 0 aliphatic carbocycles. The zero-order valence-electron chi connectivity index (χ0n) is 28.7. The van der Waals surface area contributed by atoms with Gasteiger partial charge in [-0.3, -0.25) is 0 Å². The number of nitrogens with one attached hydrogen (secondary N) is 1. The van der Waals surface area contributed by atoms with Crippen molar-refractivity contribution < 1.29 is 23.2 Å². The van der Waals surface area contributed by atoms with Gasteiger partial charge in [0.25, 0.3) is 0 Å². The number of aryl methyl sites for hydroxylation is 5. The number of halogens is 1. The fraction of sp³-hybridized carbons (Fsp3) is 0.342. The summed E-state index contributed by atoms with van der Waals surface area (Å²) in [6.45, 7) is 9.13. The minimum Gasteiger partial charge on any atom is -0.490 e. The molecule has 0 radical (unpaired) electrons. The Morgan fingerprint density at radius 1 is 1.00 bits per heavy atom. The van der Waals surface area contributed by atoms with Gasteiger partial charge in [-0.25, -0.2) is 24.1 Å². The van der Waals surface area contributed by atoms with E-state index in [4.69, 9.17) is 14.0 Å². The Kier molecular flexibility index (Phi) is 11.3. The van der Waals surface area contributed by atoms with Crippen LogP contribution in [-0.2, 0) is 12.8 Å². The van der Waals surface area contributed by atoms with Gasteiger partial charge in [-0.05, 0) is 100 Å². The molecule has 3 heterocycles. The van der Waals surface area contributed by atoms with E-state index in [1.54, 1.807) is 37.4 Å². The summed E-state index contributed by atoms with van der Waals surface area (Å²) < 4.78 is 32.7. The molecule has 12 heteroatoms. The molecule has 3 aromatic carbocycles. The molecule has 11 nitrogen and oxygen atoms in total.